The normalized spacial score (nSPS) is 17.6. The lowest BCUT2D eigenvalue weighted by Crippen LogP contribution is -2.31. The molecule has 2 aliphatic carbocycles. The number of aromatic nitrogens is 5. The van der Waals surface area contributed by atoms with Crippen molar-refractivity contribution in [2.75, 3.05) is 0 Å². The maximum atomic E-state index is 5.10. The van der Waals surface area contributed by atoms with Crippen LogP contribution >= 0.6 is 0 Å². The van der Waals surface area contributed by atoms with Crippen molar-refractivity contribution in [1.29, 1.82) is 0 Å². The van der Waals surface area contributed by atoms with Gasteiger partial charge >= 0.3 is 0 Å². The monoisotopic (exact) mass is 746 g/mol. The first kappa shape index (κ1) is 32.9. The van der Waals surface area contributed by atoms with Crippen LogP contribution in [0.15, 0.2) is 177 Å². The minimum Gasteiger partial charge on any atom is -0.387 e. The first-order chi connectivity index (χ1) is 28.7. The van der Waals surface area contributed by atoms with Crippen LogP contribution in [-0.4, -0.2) is 24.1 Å². The summed E-state index contributed by atoms with van der Waals surface area (Å²) in [5.74, 6) is 0.290. The number of allylic oxidation sites excluding steroid dienone is 4. The van der Waals surface area contributed by atoms with Gasteiger partial charge in [0.2, 0.25) is 0 Å². The minimum absolute atomic E-state index is 0.203. The molecule has 3 aliphatic rings. The summed E-state index contributed by atoms with van der Waals surface area (Å²) in [4.78, 5) is 14.7. The van der Waals surface area contributed by atoms with E-state index in [1.807, 2.05) is 36.9 Å². The second kappa shape index (κ2) is 12.6. The second-order valence-electron chi connectivity index (χ2n) is 15.7. The average Bonchev–Trinajstić information content (AvgIpc) is 3.91. The van der Waals surface area contributed by atoms with E-state index in [0.717, 1.165) is 29.1 Å². The number of pyridine rings is 3. The van der Waals surface area contributed by atoms with Crippen molar-refractivity contribution in [2.24, 2.45) is 5.92 Å². The topological polar surface area (TPSA) is 60.6 Å². The Labute approximate surface area is 336 Å². The standard InChI is InChI=1S/C52H38N6/c1-33-30-35(18-22-43(33)58-45-24-28-53-31-40(45)41-32-54-29-25-46(41)58)34-16-19-36(20-17-34)57-44-13-5-3-11-39(44)50-47(57)23-21-38-37-10-2-4-12-42(37)52(51(38)50,48-14-6-8-26-55-48)49-15-7-9-27-56-49/h2-31,33,43,54H,32H2,1H3. The molecule has 1 N–H and O–H groups in total. The van der Waals surface area contributed by atoms with E-state index in [-0.39, 0.29) is 12.0 Å². The zero-order chi connectivity index (χ0) is 38.4. The lowest BCUT2D eigenvalue weighted by Gasteiger charge is -2.32. The highest BCUT2D eigenvalue weighted by molar-refractivity contribution is 6.15. The molecule has 276 valence electrons. The van der Waals surface area contributed by atoms with E-state index < -0.39 is 5.41 Å². The van der Waals surface area contributed by atoms with E-state index in [1.54, 1.807) is 0 Å². The second-order valence-corrected chi connectivity index (χ2v) is 15.7. The van der Waals surface area contributed by atoms with Gasteiger partial charge in [0.25, 0.3) is 0 Å². The highest BCUT2D eigenvalue weighted by Crippen LogP contribution is 2.58. The first-order valence-electron chi connectivity index (χ1n) is 20.1. The van der Waals surface area contributed by atoms with Crippen molar-refractivity contribution in [1.82, 2.24) is 29.4 Å². The number of rotatable bonds is 5. The van der Waals surface area contributed by atoms with E-state index in [4.69, 9.17) is 9.97 Å². The van der Waals surface area contributed by atoms with Crippen LogP contribution in [0.25, 0.3) is 61.2 Å². The van der Waals surface area contributed by atoms with Crippen LogP contribution < -0.4 is 5.32 Å². The molecular formula is C52H38N6. The summed E-state index contributed by atoms with van der Waals surface area (Å²) in [6, 6.07) is 46.2. The van der Waals surface area contributed by atoms with E-state index in [2.05, 4.69) is 172 Å². The van der Waals surface area contributed by atoms with Crippen molar-refractivity contribution in [3.05, 3.63) is 216 Å². The van der Waals surface area contributed by atoms with Crippen molar-refractivity contribution in [3.8, 4) is 16.8 Å². The number of hydrogen-bond acceptors (Lipinski definition) is 4. The number of fused-ring (bicyclic) bond motifs is 10. The fraction of sp³-hybridized carbons (Fsp3) is 0.0962. The minimum atomic E-state index is -0.711. The molecule has 5 aromatic heterocycles. The molecule has 0 spiro atoms. The van der Waals surface area contributed by atoms with Gasteiger partial charge in [-0.2, -0.15) is 0 Å². The molecule has 58 heavy (non-hydrogen) atoms. The van der Waals surface area contributed by atoms with Crippen LogP contribution in [0.2, 0.25) is 0 Å². The highest BCUT2D eigenvalue weighted by atomic mass is 15.0. The van der Waals surface area contributed by atoms with Gasteiger partial charge in [-0.3, -0.25) is 15.0 Å². The molecule has 0 radical (unpaired) electrons. The summed E-state index contributed by atoms with van der Waals surface area (Å²) in [5.41, 5.74) is 15.8. The van der Waals surface area contributed by atoms with Crippen LogP contribution in [0, 0.1) is 5.92 Å². The van der Waals surface area contributed by atoms with Crippen LogP contribution in [0.5, 0.6) is 0 Å². The fourth-order valence-electron chi connectivity index (χ4n) is 10.3. The molecule has 6 heterocycles. The fourth-order valence-corrected chi connectivity index (χ4v) is 10.3. The average molecular weight is 747 g/mol. The zero-order valence-electron chi connectivity index (χ0n) is 31.9. The number of para-hydroxylation sites is 1. The summed E-state index contributed by atoms with van der Waals surface area (Å²) in [6.07, 6.45) is 19.1. The maximum Gasteiger partial charge on any atom is 0.106 e. The van der Waals surface area contributed by atoms with Crippen molar-refractivity contribution >= 4 is 44.4 Å². The third-order valence-corrected chi connectivity index (χ3v) is 12.7. The van der Waals surface area contributed by atoms with Crippen molar-refractivity contribution < 1.29 is 0 Å². The molecule has 6 heteroatoms. The van der Waals surface area contributed by atoms with Gasteiger partial charge in [0.15, 0.2) is 0 Å². The SMILES string of the molecule is CC1C=C(c2ccc(-n3c4ccccc4c4c5c(ccc43)-c3ccccc3C5(c3ccccn3)c3ccccn3)cc2)C=CC1n1c2c(c3cnccc31)CNC=C2. The molecule has 2 unspecified atom stereocenters. The van der Waals surface area contributed by atoms with E-state index >= 15 is 0 Å². The molecule has 2 atom stereocenters. The van der Waals surface area contributed by atoms with Crippen LogP contribution in [0.4, 0.5) is 0 Å². The lowest BCUT2D eigenvalue weighted by atomic mass is 9.71. The molecule has 6 nitrogen and oxygen atoms in total. The van der Waals surface area contributed by atoms with Crippen LogP contribution in [0.1, 0.15) is 52.3 Å². The lowest BCUT2D eigenvalue weighted by molar-refractivity contribution is 0.496. The Hall–Kier alpha value is -7.31. The summed E-state index contributed by atoms with van der Waals surface area (Å²) in [7, 11) is 0. The Bertz CT molecular complexity index is 3150. The van der Waals surface area contributed by atoms with Crippen molar-refractivity contribution in [3.63, 3.8) is 0 Å². The van der Waals surface area contributed by atoms with Gasteiger partial charge in [0, 0.05) is 64.4 Å². The van der Waals surface area contributed by atoms with E-state index in [0.29, 0.717) is 0 Å². The van der Waals surface area contributed by atoms with E-state index in [9.17, 15) is 0 Å². The Kier molecular flexibility index (Phi) is 7.14. The largest absolute Gasteiger partial charge is 0.387 e. The maximum absolute atomic E-state index is 5.10. The molecule has 1 aliphatic heterocycles. The van der Waals surface area contributed by atoms with Crippen molar-refractivity contribution in [2.45, 2.75) is 24.9 Å². The molecule has 0 saturated carbocycles. The Balaban J connectivity index is 0.996. The number of nitrogens with one attached hydrogen (secondary N) is 1. The molecule has 12 rings (SSSR count). The molecule has 0 bridgehead atoms. The number of nitrogens with zero attached hydrogens (tertiary/aromatic N) is 5. The summed E-state index contributed by atoms with van der Waals surface area (Å²) in [5, 5.41) is 7.05. The summed E-state index contributed by atoms with van der Waals surface area (Å²) in [6.45, 7) is 3.15. The third-order valence-electron chi connectivity index (χ3n) is 12.7. The van der Waals surface area contributed by atoms with E-state index in [1.165, 1.54) is 71.8 Å². The van der Waals surface area contributed by atoms with Gasteiger partial charge in [-0.1, -0.05) is 97.9 Å². The molecule has 0 amide bonds. The quantitative estimate of drug-likeness (QED) is 0.190. The molecule has 4 aromatic carbocycles. The predicted octanol–water partition coefficient (Wildman–Crippen LogP) is 11.2. The van der Waals surface area contributed by atoms with Gasteiger partial charge in [-0.05, 0) is 106 Å². The Morgan fingerprint density at radius 2 is 1.45 bits per heavy atom. The zero-order valence-corrected chi connectivity index (χ0v) is 31.9. The van der Waals surface area contributed by atoms with Gasteiger partial charge < -0.3 is 14.5 Å². The smallest absolute Gasteiger partial charge is 0.106 e. The third kappa shape index (κ3) is 4.51. The molecule has 9 aromatic rings. The number of benzene rings is 4. The molecule has 0 fully saturated rings. The predicted molar refractivity (Wildman–Crippen MR) is 235 cm³/mol. The van der Waals surface area contributed by atoms with Gasteiger partial charge in [-0.15, -0.1) is 0 Å². The highest BCUT2D eigenvalue weighted by Gasteiger charge is 2.50. The van der Waals surface area contributed by atoms with Gasteiger partial charge in [0.1, 0.15) is 5.41 Å². The van der Waals surface area contributed by atoms with Gasteiger partial charge in [0.05, 0.1) is 34.0 Å². The van der Waals surface area contributed by atoms with Crippen LogP contribution in [0.3, 0.4) is 0 Å². The number of hydrogen-bond donors (Lipinski definition) is 1. The van der Waals surface area contributed by atoms with Crippen LogP contribution in [-0.2, 0) is 12.0 Å². The molecule has 0 saturated heterocycles. The Morgan fingerprint density at radius 3 is 2.24 bits per heavy atom. The summed E-state index contributed by atoms with van der Waals surface area (Å²) >= 11 is 0. The van der Waals surface area contributed by atoms with Gasteiger partial charge in [-0.25, -0.2) is 0 Å². The first-order valence-corrected chi connectivity index (χ1v) is 20.1. The molecular weight excluding hydrogens is 709 g/mol. The summed E-state index contributed by atoms with van der Waals surface area (Å²) < 4.78 is 4.93. The Morgan fingerprint density at radius 1 is 0.672 bits per heavy atom.